The molecule has 1 saturated carbocycles. The average Bonchev–Trinajstić information content (AvgIpc) is 3.10. The van der Waals surface area contributed by atoms with Crippen LogP contribution in [0, 0.1) is 0 Å². The molecule has 92 valence electrons. The Morgan fingerprint density at radius 3 is 2.69 bits per heavy atom. The van der Waals surface area contributed by atoms with Crippen LogP contribution in [-0.4, -0.2) is 56.1 Å². The molecule has 16 heavy (non-hydrogen) atoms. The van der Waals surface area contributed by atoms with Gasteiger partial charge in [0, 0.05) is 32.8 Å². The largest absolute Gasteiger partial charge is 0.383 e. The molecule has 1 aliphatic carbocycles. The molecule has 0 radical (unpaired) electrons. The number of carbonyl (C=O) groups excluding carboxylic acids is 2. The van der Waals surface area contributed by atoms with Gasteiger partial charge >= 0.3 is 11.8 Å². The molecular weight excluding hydrogens is 210 g/mol. The number of nitrogens with two attached hydrogens (primary N) is 1. The van der Waals surface area contributed by atoms with Gasteiger partial charge in [-0.1, -0.05) is 0 Å². The summed E-state index contributed by atoms with van der Waals surface area (Å²) < 4.78 is 4.92. The molecule has 6 heteroatoms. The molecule has 0 saturated heterocycles. The second-order valence-corrected chi connectivity index (χ2v) is 3.77. The molecule has 0 spiro atoms. The zero-order chi connectivity index (χ0) is 12.0. The number of carbonyl (C=O) groups is 2. The highest BCUT2D eigenvalue weighted by Gasteiger charge is 2.34. The van der Waals surface area contributed by atoms with Crippen molar-refractivity contribution in [3.63, 3.8) is 0 Å². The number of rotatable bonds is 6. The zero-order valence-corrected chi connectivity index (χ0v) is 9.57. The lowest BCUT2D eigenvalue weighted by molar-refractivity contribution is -0.146. The van der Waals surface area contributed by atoms with Crippen molar-refractivity contribution in [2.24, 2.45) is 5.73 Å². The van der Waals surface area contributed by atoms with Gasteiger partial charge in [-0.05, 0) is 12.8 Å². The SMILES string of the molecule is COCCN(C(=O)C(=O)NCCN)C1CC1. The normalized spacial score (nSPS) is 14.6. The summed E-state index contributed by atoms with van der Waals surface area (Å²) >= 11 is 0. The molecule has 6 nitrogen and oxygen atoms in total. The van der Waals surface area contributed by atoms with Gasteiger partial charge in [0.05, 0.1) is 6.61 Å². The highest BCUT2D eigenvalue weighted by molar-refractivity contribution is 6.35. The summed E-state index contributed by atoms with van der Waals surface area (Å²) in [5.74, 6) is -1.05. The third-order valence-electron chi connectivity index (χ3n) is 2.41. The number of nitrogens with one attached hydrogen (secondary N) is 1. The second kappa shape index (κ2) is 6.44. The van der Waals surface area contributed by atoms with Crippen molar-refractivity contribution in [2.75, 3.05) is 33.4 Å². The minimum absolute atomic E-state index is 0.214. The molecule has 3 N–H and O–H groups in total. The van der Waals surface area contributed by atoms with Gasteiger partial charge in [0.25, 0.3) is 0 Å². The summed E-state index contributed by atoms with van der Waals surface area (Å²) in [6, 6.07) is 0.214. The molecule has 0 aliphatic heterocycles. The first kappa shape index (κ1) is 12.9. The van der Waals surface area contributed by atoms with Crippen LogP contribution in [0.25, 0.3) is 0 Å². The van der Waals surface area contributed by atoms with Gasteiger partial charge in [-0.3, -0.25) is 9.59 Å². The Morgan fingerprint density at radius 2 is 2.19 bits per heavy atom. The van der Waals surface area contributed by atoms with E-state index in [1.807, 2.05) is 0 Å². The van der Waals surface area contributed by atoms with Crippen molar-refractivity contribution >= 4 is 11.8 Å². The van der Waals surface area contributed by atoms with Crippen LogP contribution in [0.5, 0.6) is 0 Å². The summed E-state index contributed by atoms with van der Waals surface area (Å²) in [7, 11) is 1.57. The van der Waals surface area contributed by atoms with Crippen LogP contribution in [0.2, 0.25) is 0 Å². The number of methoxy groups -OCH3 is 1. The Kier molecular flexibility index (Phi) is 5.21. The molecule has 0 bridgehead atoms. The second-order valence-electron chi connectivity index (χ2n) is 3.77. The van der Waals surface area contributed by atoms with E-state index in [-0.39, 0.29) is 6.04 Å². The molecular formula is C10H19N3O3. The summed E-state index contributed by atoms with van der Waals surface area (Å²) in [6.45, 7) is 1.58. The van der Waals surface area contributed by atoms with Crippen LogP contribution in [0.15, 0.2) is 0 Å². The quantitative estimate of drug-likeness (QED) is 0.554. The smallest absolute Gasteiger partial charge is 0.312 e. The number of nitrogens with zero attached hydrogens (tertiary/aromatic N) is 1. The molecule has 0 unspecified atom stereocenters. The number of hydrogen-bond acceptors (Lipinski definition) is 4. The lowest BCUT2D eigenvalue weighted by atomic mass is 10.4. The lowest BCUT2D eigenvalue weighted by Gasteiger charge is -2.21. The van der Waals surface area contributed by atoms with E-state index in [9.17, 15) is 9.59 Å². The summed E-state index contributed by atoms with van der Waals surface area (Å²) in [6.07, 6.45) is 1.94. The van der Waals surface area contributed by atoms with Crippen LogP contribution in [0.1, 0.15) is 12.8 Å². The van der Waals surface area contributed by atoms with Crippen molar-refractivity contribution in [3.8, 4) is 0 Å². The fourth-order valence-corrected chi connectivity index (χ4v) is 1.42. The third kappa shape index (κ3) is 3.79. The topological polar surface area (TPSA) is 84.7 Å². The van der Waals surface area contributed by atoms with Crippen LogP contribution in [0.3, 0.4) is 0 Å². The minimum atomic E-state index is -0.576. The molecule has 0 aromatic carbocycles. The van der Waals surface area contributed by atoms with Crippen LogP contribution in [-0.2, 0) is 14.3 Å². The van der Waals surface area contributed by atoms with E-state index >= 15 is 0 Å². The Labute approximate surface area is 95.1 Å². The molecule has 0 heterocycles. The van der Waals surface area contributed by atoms with Gasteiger partial charge < -0.3 is 20.7 Å². The fourth-order valence-electron chi connectivity index (χ4n) is 1.42. The summed E-state index contributed by atoms with van der Waals surface area (Å²) in [5.41, 5.74) is 5.25. The van der Waals surface area contributed by atoms with E-state index < -0.39 is 11.8 Å². The predicted octanol–water partition coefficient (Wildman–Crippen LogP) is -1.30. The van der Waals surface area contributed by atoms with Crippen LogP contribution in [0.4, 0.5) is 0 Å². The molecule has 2 amide bonds. The molecule has 0 atom stereocenters. The van der Waals surface area contributed by atoms with Crippen LogP contribution >= 0.6 is 0 Å². The van der Waals surface area contributed by atoms with Crippen molar-refractivity contribution < 1.29 is 14.3 Å². The van der Waals surface area contributed by atoms with Crippen molar-refractivity contribution in [3.05, 3.63) is 0 Å². The summed E-state index contributed by atoms with van der Waals surface area (Å²) in [4.78, 5) is 24.8. The Balaban J connectivity index is 2.42. The van der Waals surface area contributed by atoms with E-state index in [1.54, 1.807) is 12.0 Å². The highest BCUT2D eigenvalue weighted by Crippen LogP contribution is 2.26. The van der Waals surface area contributed by atoms with Gasteiger partial charge in [0.15, 0.2) is 0 Å². The molecule has 0 aromatic rings. The van der Waals surface area contributed by atoms with E-state index in [0.29, 0.717) is 26.2 Å². The first-order valence-corrected chi connectivity index (χ1v) is 5.48. The minimum Gasteiger partial charge on any atom is -0.383 e. The highest BCUT2D eigenvalue weighted by atomic mass is 16.5. The molecule has 0 aromatic heterocycles. The zero-order valence-electron chi connectivity index (χ0n) is 9.57. The monoisotopic (exact) mass is 229 g/mol. The molecule has 1 aliphatic rings. The standard InChI is InChI=1S/C10H19N3O3/c1-16-7-6-13(8-2-3-8)10(15)9(14)12-5-4-11/h8H,2-7,11H2,1H3,(H,12,14). The number of ether oxygens (including phenoxy) is 1. The van der Waals surface area contributed by atoms with E-state index in [4.69, 9.17) is 10.5 Å². The first-order chi connectivity index (χ1) is 7.70. The van der Waals surface area contributed by atoms with Crippen molar-refractivity contribution in [1.29, 1.82) is 0 Å². The number of hydrogen-bond donors (Lipinski definition) is 2. The fraction of sp³-hybridized carbons (Fsp3) is 0.800. The van der Waals surface area contributed by atoms with Gasteiger partial charge in [-0.2, -0.15) is 0 Å². The molecule has 1 rings (SSSR count). The van der Waals surface area contributed by atoms with Crippen molar-refractivity contribution in [2.45, 2.75) is 18.9 Å². The lowest BCUT2D eigenvalue weighted by Crippen LogP contribution is -2.46. The first-order valence-electron chi connectivity index (χ1n) is 5.48. The van der Waals surface area contributed by atoms with Gasteiger partial charge in [-0.15, -0.1) is 0 Å². The van der Waals surface area contributed by atoms with Gasteiger partial charge in [-0.25, -0.2) is 0 Å². The Bertz CT molecular complexity index is 254. The maximum absolute atomic E-state index is 11.8. The van der Waals surface area contributed by atoms with E-state index in [0.717, 1.165) is 12.8 Å². The van der Waals surface area contributed by atoms with E-state index in [2.05, 4.69) is 5.32 Å². The average molecular weight is 229 g/mol. The Hall–Kier alpha value is -1.14. The number of amides is 2. The maximum Gasteiger partial charge on any atom is 0.312 e. The van der Waals surface area contributed by atoms with E-state index in [1.165, 1.54) is 0 Å². The van der Waals surface area contributed by atoms with Gasteiger partial charge in [0.1, 0.15) is 0 Å². The molecule has 1 fully saturated rings. The summed E-state index contributed by atoms with van der Waals surface area (Å²) in [5, 5.41) is 2.48. The van der Waals surface area contributed by atoms with Gasteiger partial charge in [0.2, 0.25) is 0 Å². The third-order valence-corrected chi connectivity index (χ3v) is 2.41. The van der Waals surface area contributed by atoms with Crippen LogP contribution < -0.4 is 11.1 Å². The predicted molar refractivity (Wildman–Crippen MR) is 58.7 cm³/mol. The maximum atomic E-state index is 11.8. The van der Waals surface area contributed by atoms with Crippen molar-refractivity contribution in [1.82, 2.24) is 10.2 Å². The Morgan fingerprint density at radius 1 is 1.50 bits per heavy atom.